The molecule has 1 saturated heterocycles. The molecule has 1 aliphatic heterocycles. The van der Waals surface area contributed by atoms with Crippen LogP contribution in [0.2, 0.25) is 10.0 Å². The van der Waals surface area contributed by atoms with Gasteiger partial charge >= 0.3 is 0 Å². The van der Waals surface area contributed by atoms with Gasteiger partial charge in [-0.3, -0.25) is 9.78 Å². The van der Waals surface area contributed by atoms with Crippen molar-refractivity contribution in [2.45, 2.75) is 25.3 Å². The standard InChI is InChI=1S/C10H11ClN2O.C6H5Cl/c11-7-4-5-8(12-6-7)9-2-1-3-10(14)13-9;7-6-4-2-1-3-5-6/h4-6,9H,1-3H2,(H,13,14);1-5H. The number of carbonyl (C=O) groups excluding carboxylic acids is 1. The van der Waals surface area contributed by atoms with Crippen LogP contribution in [-0.2, 0) is 4.79 Å². The van der Waals surface area contributed by atoms with Gasteiger partial charge in [-0.2, -0.15) is 0 Å². The topological polar surface area (TPSA) is 42.0 Å². The van der Waals surface area contributed by atoms with Gasteiger partial charge in [-0.1, -0.05) is 41.4 Å². The zero-order valence-corrected chi connectivity index (χ0v) is 12.9. The lowest BCUT2D eigenvalue weighted by molar-refractivity contribution is -0.123. The molecule has 1 atom stereocenters. The second kappa shape index (κ2) is 8.01. The molecule has 0 bridgehead atoms. The van der Waals surface area contributed by atoms with Crippen molar-refractivity contribution >= 4 is 29.1 Å². The largest absolute Gasteiger partial charge is 0.348 e. The molecule has 1 N–H and O–H groups in total. The van der Waals surface area contributed by atoms with E-state index in [9.17, 15) is 4.79 Å². The molecule has 5 heteroatoms. The summed E-state index contributed by atoms with van der Waals surface area (Å²) in [6.45, 7) is 0. The molecule has 3 rings (SSSR count). The monoisotopic (exact) mass is 322 g/mol. The summed E-state index contributed by atoms with van der Waals surface area (Å²) in [6, 6.07) is 13.2. The lowest BCUT2D eigenvalue weighted by atomic mass is 10.0. The molecule has 21 heavy (non-hydrogen) atoms. The summed E-state index contributed by atoms with van der Waals surface area (Å²) < 4.78 is 0. The van der Waals surface area contributed by atoms with Crippen LogP contribution in [0.5, 0.6) is 0 Å². The number of amides is 1. The maximum absolute atomic E-state index is 11.1. The summed E-state index contributed by atoms with van der Waals surface area (Å²) in [6.07, 6.45) is 4.13. The Morgan fingerprint density at radius 1 is 1.05 bits per heavy atom. The number of pyridine rings is 1. The number of hydrogen-bond acceptors (Lipinski definition) is 2. The fourth-order valence-corrected chi connectivity index (χ4v) is 2.29. The predicted octanol–water partition coefficient (Wildman–Crippen LogP) is 4.42. The van der Waals surface area contributed by atoms with Crippen molar-refractivity contribution in [3.63, 3.8) is 0 Å². The van der Waals surface area contributed by atoms with E-state index in [2.05, 4.69) is 10.3 Å². The summed E-state index contributed by atoms with van der Waals surface area (Å²) in [4.78, 5) is 15.3. The molecule has 1 aliphatic rings. The van der Waals surface area contributed by atoms with Crippen molar-refractivity contribution < 1.29 is 4.79 Å². The lowest BCUT2D eigenvalue weighted by Crippen LogP contribution is -2.32. The summed E-state index contributed by atoms with van der Waals surface area (Å²) in [5.74, 6) is 0.109. The van der Waals surface area contributed by atoms with Crippen LogP contribution in [-0.4, -0.2) is 10.9 Å². The van der Waals surface area contributed by atoms with E-state index < -0.39 is 0 Å². The van der Waals surface area contributed by atoms with Crippen LogP contribution in [0, 0.1) is 0 Å². The Morgan fingerprint density at radius 3 is 2.33 bits per heavy atom. The maximum atomic E-state index is 11.1. The van der Waals surface area contributed by atoms with Gasteiger partial charge in [0.05, 0.1) is 16.8 Å². The quantitative estimate of drug-likeness (QED) is 0.844. The van der Waals surface area contributed by atoms with Gasteiger partial charge in [0.15, 0.2) is 0 Å². The Kier molecular flexibility index (Phi) is 6.03. The zero-order chi connectivity index (χ0) is 15.1. The molecular formula is C16H16Cl2N2O. The first-order valence-corrected chi connectivity index (χ1v) is 7.52. The van der Waals surface area contributed by atoms with Gasteiger partial charge in [0.25, 0.3) is 0 Å². The molecular weight excluding hydrogens is 307 g/mol. The minimum absolute atomic E-state index is 0.0634. The number of aromatic nitrogens is 1. The van der Waals surface area contributed by atoms with Crippen LogP contribution in [0.4, 0.5) is 0 Å². The van der Waals surface area contributed by atoms with E-state index in [1.54, 1.807) is 12.3 Å². The molecule has 3 nitrogen and oxygen atoms in total. The summed E-state index contributed by atoms with van der Waals surface area (Å²) in [5.41, 5.74) is 0.891. The third-order valence-electron chi connectivity index (χ3n) is 3.07. The highest BCUT2D eigenvalue weighted by atomic mass is 35.5. The fraction of sp³-hybridized carbons (Fsp3) is 0.250. The SMILES string of the molecule is Clc1ccccc1.O=C1CCCC(c2ccc(Cl)cn2)N1. The minimum Gasteiger partial charge on any atom is -0.348 e. The van der Waals surface area contributed by atoms with Crippen LogP contribution < -0.4 is 5.32 Å². The molecule has 2 aromatic rings. The van der Waals surface area contributed by atoms with E-state index in [4.69, 9.17) is 23.2 Å². The predicted molar refractivity (Wildman–Crippen MR) is 85.4 cm³/mol. The number of benzene rings is 1. The molecule has 0 saturated carbocycles. The molecule has 2 heterocycles. The third kappa shape index (κ3) is 5.37. The molecule has 0 radical (unpaired) electrons. The first kappa shape index (κ1) is 15.8. The van der Waals surface area contributed by atoms with Gasteiger partial charge in [-0.05, 0) is 37.1 Å². The Bertz CT molecular complexity index is 573. The second-order valence-electron chi connectivity index (χ2n) is 4.71. The summed E-state index contributed by atoms with van der Waals surface area (Å²) >= 11 is 11.3. The first-order valence-electron chi connectivity index (χ1n) is 6.76. The zero-order valence-electron chi connectivity index (χ0n) is 11.4. The number of carbonyl (C=O) groups is 1. The fourth-order valence-electron chi connectivity index (χ4n) is 2.04. The third-order valence-corrected chi connectivity index (χ3v) is 3.55. The summed E-state index contributed by atoms with van der Waals surface area (Å²) in [5, 5.41) is 4.32. The van der Waals surface area contributed by atoms with Crippen molar-refractivity contribution in [2.24, 2.45) is 0 Å². The maximum Gasteiger partial charge on any atom is 0.220 e. The number of piperidine rings is 1. The highest BCUT2D eigenvalue weighted by Gasteiger charge is 2.20. The average molecular weight is 323 g/mol. The number of halogens is 2. The molecule has 1 amide bonds. The second-order valence-corrected chi connectivity index (χ2v) is 5.58. The molecule has 110 valence electrons. The van der Waals surface area contributed by atoms with E-state index in [0.717, 1.165) is 23.6 Å². The van der Waals surface area contributed by atoms with Gasteiger partial charge < -0.3 is 5.32 Å². The van der Waals surface area contributed by atoms with Crippen LogP contribution >= 0.6 is 23.2 Å². The Labute approximate surface area is 134 Å². The van der Waals surface area contributed by atoms with Crippen molar-refractivity contribution in [2.75, 3.05) is 0 Å². The number of nitrogens with one attached hydrogen (secondary N) is 1. The van der Waals surface area contributed by atoms with Gasteiger partial charge in [-0.15, -0.1) is 0 Å². The van der Waals surface area contributed by atoms with Crippen LogP contribution in [0.15, 0.2) is 48.7 Å². The first-order chi connectivity index (χ1) is 10.1. The average Bonchev–Trinajstić information content (AvgIpc) is 2.49. The van der Waals surface area contributed by atoms with E-state index in [0.29, 0.717) is 11.4 Å². The molecule has 0 spiro atoms. The van der Waals surface area contributed by atoms with Crippen molar-refractivity contribution in [3.05, 3.63) is 64.4 Å². The van der Waals surface area contributed by atoms with Crippen molar-refractivity contribution in [1.82, 2.24) is 10.3 Å². The Balaban J connectivity index is 0.000000194. The van der Waals surface area contributed by atoms with Crippen LogP contribution in [0.3, 0.4) is 0 Å². The van der Waals surface area contributed by atoms with Crippen molar-refractivity contribution in [3.8, 4) is 0 Å². The normalized spacial score (nSPS) is 17.4. The molecule has 1 aromatic heterocycles. The molecule has 0 aliphatic carbocycles. The highest BCUT2D eigenvalue weighted by Crippen LogP contribution is 2.22. The van der Waals surface area contributed by atoms with Gasteiger partial charge in [0.2, 0.25) is 5.91 Å². The van der Waals surface area contributed by atoms with Crippen LogP contribution in [0.1, 0.15) is 31.0 Å². The lowest BCUT2D eigenvalue weighted by Gasteiger charge is -2.22. The van der Waals surface area contributed by atoms with Gasteiger partial charge in [0.1, 0.15) is 0 Å². The van der Waals surface area contributed by atoms with E-state index in [-0.39, 0.29) is 11.9 Å². The highest BCUT2D eigenvalue weighted by molar-refractivity contribution is 6.30. The molecule has 1 unspecified atom stereocenters. The Hall–Kier alpha value is -1.58. The number of hydrogen-bond donors (Lipinski definition) is 1. The summed E-state index contributed by atoms with van der Waals surface area (Å²) in [7, 11) is 0. The van der Waals surface area contributed by atoms with E-state index in [1.807, 2.05) is 36.4 Å². The van der Waals surface area contributed by atoms with Crippen molar-refractivity contribution in [1.29, 1.82) is 0 Å². The number of nitrogens with zero attached hydrogens (tertiary/aromatic N) is 1. The number of rotatable bonds is 1. The van der Waals surface area contributed by atoms with Gasteiger partial charge in [0, 0.05) is 17.6 Å². The van der Waals surface area contributed by atoms with Gasteiger partial charge in [-0.25, -0.2) is 0 Å². The van der Waals surface area contributed by atoms with Crippen LogP contribution in [0.25, 0.3) is 0 Å². The minimum atomic E-state index is 0.0634. The van der Waals surface area contributed by atoms with E-state index >= 15 is 0 Å². The molecule has 1 aromatic carbocycles. The molecule has 1 fully saturated rings. The Morgan fingerprint density at radius 2 is 1.81 bits per heavy atom. The van der Waals surface area contributed by atoms with E-state index in [1.165, 1.54) is 0 Å². The smallest absolute Gasteiger partial charge is 0.220 e.